The summed E-state index contributed by atoms with van der Waals surface area (Å²) in [4.78, 5) is 37.9. The molecular weight excluding hydrogens is 745 g/mol. The minimum absolute atomic E-state index is 0.0984. The van der Waals surface area contributed by atoms with Crippen LogP contribution in [-0.4, -0.2) is 37.2 Å². The fourth-order valence-corrected chi connectivity index (χ4v) is 6.63. The van der Waals surface area contributed by atoms with Gasteiger partial charge in [-0.05, 0) is 57.8 Å². The number of esters is 3. The fraction of sp³-hybridized carbons (Fsp3) is 0.685. The Hall–Kier alpha value is -3.41. The molecule has 0 bridgehead atoms. The average molecular weight is 835 g/mol. The fourth-order valence-electron chi connectivity index (χ4n) is 6.63. The lowest BCUT2D eigenvalue weighted by atomic mass is 10.0. The molecule has 0 saturated heterocycles. The lowest BCUT2D eigenvalue weighted by Gasteiger charge is -2.18. The van der Waals surface area contributed by atoms with Gasteiger partial charge in [-0.1, -0.05) is 228 Å². The molecule has 0 heterocycles. The van der Waals surface area contributed by atoms with Crippen LogP contribution < -0.4 is 0 Å². The molecule has 6 heteroatoms. The van der Waals surface area contributed by atoms with Crippen molar-refractivity contribution >= 4 is 17.9 Å². The van der Waals surface area contributed by atoms with Gasteiger partial charge in [-0.25, -0.2) is 0 Å². The van der Waals surface area contributed by atoms with E-state index < -0.39 is 6.10 Å². The highest BCUT2D eigenvalue weighted by Gasteiger charge is 2.19. The summed E-state index contributed by atoms with van der Waals surface area (Å²) in [5.74, 6) is -0.961. The van der Waals surface area contributed by atoms with Crippen LogP contribution >= 0.6 is 0 Å². The second kappa shape index (κ2) is 48.3. The van der Waals surface area contributed by atoms with E-state index in [0.717, 1.165) is 89.9 Å². The van der Waals surface area contributed by atoms with Crippen LogP contribution in [0.15, 0.2) is 85.1 Å². The Kier molecular flexibility index (Phi) is 45.5. The Morgan fingerprint density at radius 2 is 0.650 bits per heavy atom. The molecule has 0 amide bonds. The van der Waals surface area contributed by atoms with Crippen molar-refractivity contribution in [3.8, 4) is 0 Å². The molecule has 0 aromatic heterocycles. The van der Waals surface area contributed by atoms with Gasteiger partial charge in [0.15, 0.2) is 6.10 Å². The molecule has 0 spiro atoms. The minimum Gasteiger partial charge on any atom is -0.462 e. The maximum atomic E-state index is 12.7. The normalized spacial score (nSPS) is 12.8. The molecule has 0 aromatic carbocycles. The maximum absolute atomic E-state index is 12.7. The lowest BCUT2D eigenvalue weighted by Crippen LogP contribution is -2.30. The predicted octanol–water partition coefficient (Wildman–Crippen LogP) is 16.0. The molecule has 60 heavy (non-hydrogen) atoms. The Labute approximate surface area is 369 Å². The van der Waals surface area contributed by atoms with Crippen LogP contribution in [0.4, 0.5) is 0 Å². The van der Waals surface area contributed by atoms with Crippen molar-refractivity contribution in [1.82, 2.24) is 0 Å². The number of rotatable bonds is 43. The summed E-state index contributed by atoms with van der Waals surface area (Å²) in [6.45, 7) is 6.31. The number of carbonyl (C=O) groups is 3. The Bertz CT molecular complexity index is 1190. The van der Waals surface area contributed by atoms with Gasteiger partial charge in [0.25, 0.3) is 0 Å². The molecule has 342 valence electrons. The van der Waals surface area contributed by atoms with Crippen molar-refractivity contribution in [3.63, 3.8) is 0 Å². The van der Waals surface area contributed by atoms with Crippen LogP contribution in [-0.2, 0) is 28.6 Å². The standard InChI is InChI=1S/C54H90O6/c1-4-7-10-13-16-19-22-25-26-27-30-32-35-38-41-44-47-53(56)59-50-51(60-54(57)48-45-42-39-36-33-29-24-21-18-15-12-9-6-3)49-58-52(55)46-43-40-37-34-31-28-23-20-17-14-11-8-5-2/h8-9,11-12,14-15,17-18,20-21,23-24,29,33,51H,4-7,10,13,16,19,22,25-28,30-32,34-50H2,1-3H3/b11-8-,12-9-,17-14-,18-15-,23-20-,24-21-,33-29-. The smallest absolute Gasteiger partial charge is 0.306 e. The molecule has 0 saturated carbocycles. The number of hydrogen-bond acceptors (Lipinski definition) is 6. The second-order valence-electron chi connectivity index (χ2n) is 16.1. The third-order valence-corrected chi connectivity index (χ3v) is 10.3. The van der Waals surface area contributed by atoms with Crippen molar-refractivity contribution in [1.29, 1.82) is 0 Å². The van der Waals surface area contributed by atoms with Crippen LogP contribution in [0.5, 0.6) is 0 Å². The summed E-state index contributed by atoms with van der Waals surface area (Å²) < 4.78 is 16.7. The Balaban J connectivity index is 4.44. The van der Waals surface area contributed by atoms with E-state index in [0.29, 0.717) is 19.3 Å². The van der Waals surface area contributed by atoms with Crippen molar-refractivity contribution in [2.45, 2.75) is 226 Å². The van der Waals surface area contributed by atoms with Crippen LogP contribution in [0.3, 0.4) is 0 Å². The quantitative estimate of drug-likeness (QED) is 0.0263. The second-order valence-corrected chi connectivity index (χ2v) is 16.1. The zero-order chi connectivity index (χ0) is 43.7. The monoisotopic (exact) mass is 835 g/mol. The van der Waals surface area contributed by atoms with E-state index in [-0.39, 0.29) is 37.5 Å². The summed E-state index contributed by atoms with van der Waals surface area (Å²) in [6, 6.07) is 0. The highest BCUT2D eigenvalue weighted by molar-refractivity contribution is 5.71. The average Bonchev–Trinajstić information content (AvgIpc) is 3.24. The molecule has 0 aliphatic rings. The van der Waals surface area contributed by atoms with Gasteiger partial charge >= 0.3 is 17.9 Å². The van der Waals surface area contributed by atoms with Crippen molar-refractivity contribution < 1.29 is 28.6 Å². The summed E-state index contributed by atoms with van der Waals surface area (Å²) in [5, 5.41) is 0. The van der Waals surface area contributed by atoms with E-state index in [1.165, 1.54) is 83.5 Å². The molecular formula is C54H90O6. The molecule has 6 nitrogen and oxygen atoms in total. The molecule has 0 rings (SSSR count). The third-order valence-electron chi connectivity index (χ3n) is 10.3. The highest BCUT2D eigenvalue weighted by atomic mass is 16.6. The molecule has 1 atom stereocenters. The SMILES string of the molecule is CC\C=C/C=C\C=C/C=C\CCCCCC(=O)OC(COC(=O)CCCCCCC\C=C/C=C\C=C/CC)COC(=O)CCCCCCCCCCCCCCCCCC. The van der Waals surface area contributed by atoms with E-state index >= 15 is 0 Å². The Morgan fingerprint density at radius 3 is 1.03 bits per heavy atom. The van der Waals surface area contributed by atoms with Crippen LogP contribution in [0, 0.1) is 0 Å². The first-order valence-electron chi connectivity index (χ1n) is 24.7. The number of unbranched alkanes of at least 4 members (excludes halogenated alkanes) is 23. The van der Waals surface area contributed by atoms with Crippen molar-refractivity contribution in [3.05, 3.63) is 85.1 Å². The van der Waals surface area contributed by atoms with Gasteiger partial charge in [-0.3, -0.25) is 14.4 Å². The van der Waals surface area contributed by atoms with Gasteiger partial charge in [-0.15, -0.1) is 0 Å². The van der Waals surface area contributed by atoms with E-state index in [2.05, 4.69) is 69.4 Å². The third kappa shape index (κ3) is 45.7. The van der Waals surface area contributed by atoms with Crippen LogP contribution in [0.25, 0.3) is 0 Å². The van der Waals surface area contributed by atoms with E-state index in [1.807, 2.05) is 36.5 Å². The van der Waals surface area contributed by atoms with Crippen molar-refractivity contribution in [2.75, 3.05) is 13.2 Å². The van der Waals surface area contributed by atoms with E-state index in [9.17, 15) is 14.4 Å². The highest BCUT2D eigenvalue weighted by Crippen LogP contribution is 2.15. The first-order chi connectivity index (χ1) is 29.5. The van der Waals surface area contributed by atoms with E-state index in [1.54, 1.807) is 0 Å². The molecule has 0 aliphatic carbocycles. The van der Waals surface area contributed by atoms with Crippen LogP contribution in [0.2, 0.25) is 0 Å². The topological polar surface area (TPSA) is 78.9 Å². The number of hydrogen-bond donors (Lipinski definition) is 0. The molecule has 0 radical (unpaired) electrons. The number of allylic oxidation sites excluding steroid dienone is 14. The Morgan fingerprint density at radius 1 is 0.350 bits per heavy atom. The van der Waals surface area contributed by atoms with E-state index in [4.69, 9.17) is 14.2 Å². The summed E-state index contributed by atoms with van der Waals surface area (Å²) in [6.07, 6.45) is 61.4. The van der Waals surface area contributed by atoms with Gasteiger partial charge < -0.3 is 14.2 Å². The first-order valence-corrected chi connectivity index (χ1v) is 24.7. The predicted molar refractivity (Wildman–Crippen MR) is 256 cm³/mol. The lowest BCUT2D eigenvalue weighted by molar-refractivity contribution is -0.167. The zero-order valence-corrected chi connectivity index (χ0v) is 38.9. The van der Waals surface area contributed by atoms with Gasteiger partial charge in [0.05, 0.1) is 0 Å². The number of carbonyl (C=O) groups excluding carboxylic acids is 3. The van der Waals surface area contributed by atoms with Gasteiger partial charge in [0, 0.05) is 19.3 Å². The molecule has 0 fully saturated rings. The molecule has 0 N–H and O–H groups in total. The minimum atomic E-state index is -0.803. The molecule has 0 aliphatic heterocycles. The maximum Gasteiger partial charge on any atom is 0.306 e. The molecule has 1 unspecified atom stereocenters. The summed E-state index contributed by atoms with van der Waals surface area (Å²) >= 11 is 0. The van der Waals surface area contributed by atoms with Gasteiger partial charge in [0.2, 0.25) is 0 Å². The van der Waals surface area contributed by atoms with Crippen LogP contribution in [0.1, 0.15) is 220 Å². The first kappa shape index (κ1) is 56.6. The summed E-state index contributed by atoms with van der Waals surface area (Å²) in [5.41, 5.74) is 0. The molecule has 0 aromatic rings. The number of ether oxygens (including phenoxy) is 3. The summed E-state index contributed by atoms with van der Waals surface area (Å²) in [7, 11) is 0. The van der Waals surface area contributed by atoms with Gasteiger partial charge in [0.1, 0.15) is 13.2 Å². The zero-order valence-electron chi connectivity index (χ0n) is 38.9. The van der Waals surface area contributed by atoms with Crippen molar-refractivity contribution in [2.24, 2.45) is 0 Å². The largest absolute Gasteiger partial charge is 0.462 e. The van der Waals surface area contributed by atoms with Gasteiger partial charge in [-0.2, -0.15) is 0 Å².